The third kappa shape index (κ3) is 5.96. The average molecular weight is 311 g/mol. The Hall–Kier alpha value is -2.59. The molecule has 2 aromatic rings. The molecule has 0 aliphatic carbocycles. The molecule has 2 rings (SSSR count). The van der Waals surface area contributed by atoms with E-state index >= 15 is 0 Å². The van der Waals surface area contributed by atoms with Crippen LogP contribution >= 0.6 is 0 Å². The van der Waals surface area contributed by atoms with E-state index < -0.39 is 6.10 Å². The maximum atomic E-state index is 11.8. The molecule has 0 aliphatic heterocycles. The Bertz CT molecular complexity index is 653. The fourth-order valence-electron chi connectivity index (χ4n) is 2.15. The molecule has 0 aromatic heterocycles. The fraction of sp³-hybridized carbons (Fsp3) is 0.211. The lowest BCUT2D eigenvalue weighted by Crippen LogP contribution is -2.32. The summed E-state index contributed by atoms with van der Waals surface area (Å²) < 4.78 is 5.13. The van der Waals surface area contributed by atoms with Gasteiger partial charge in [0.25, 0.3) is 0 Å². The minimum atomic E-state index is -0.605. The lowest BCUT2D eigenvalue weighted by Gasteiger charge is -2.10. The van der Waals surface area contributed by atoms with Gasteiger partial charge in [0.05, 0.1) is 13.2 Å². The molecule has 0 heterocycles. The molecule has 1 atom stereocenters. The number of nitrogens with one attached hydrogen (secondary N) is 1. The highest BCUT2D eigenvalue weighted by Crippen LogP contribution is 2.13. The Morgan fingerprint density at radius 1 is 1.22 bits per heavy atom. The molecule has 0 saturated heterocycles. The van der Waals surface area contributed by atoms with E-state index in [4.69, 9.17) is 4.74 Å². The zero-order valence-electron chi connectivity index (χ0n) is 13.1. The lowest BCUT2D eigenvalue weighted by atomic mass is 10.1. The Balaban J connectivity index is 1.79. The number of aliphatic hydroxyl groups is 1. The summed E-state index contributed by atoms with van der Waals surface area (Å²) in [6, 6.07) is 17.1. The largest absolute Gasteiger partial charge is 0.497 e. The molecule has 4 nitrogen and oxygen atoms in total. The fourth-order valence-corrected chi connectivity index (χ4v) is 2.15. The van der Waals surface area contributed by atoms with E-state index in [0.29, 0.717) is 6.42 Å². The summed E-state index contributed by atoms with van der Waals surface area (Å²) in [7, 11) is 1.60. The summed E-state index contributed by atoms with van der Waals surface area (Å²) in [5.41, 5.74) is 1.92. The van der Waals surface area contributed by atoms with E-state index in [0.717, 1.165) is 16.9 Å². The van der Waals surface area contributed by atoms with Crippen molar-refractivity contribution in [2.75, 3.05) is 13.7 Å². The van der Waals surface area contributed by atoms with E-state index in [-0.39, 0.29) is 12.5 Å². The minimum Gasteiger partial charge on any atom is -0.497 e. The van der Waals surface area contributed by atoms with Crippen molar-refractivity contribution in [3.05, 3.63) is 71.8 Å². The number of benzene rings is 2. The van der Waals surface area contributed by atoms with Gasteiger partial charge in [0, 0.05) is 19.0 Å². The summed E-state index contributed by atoms with van der Waals surface area (Å²) in [6.07, 6.45) is 3.07. The molecule has 2 N–H and O–H groups in total. The second-order valence-electron chi connectivity index (χ2n) is 5.20. The maximum absolute atomic E-state index is 11.8. The summed E-state index contributed by atoms with van der Waals surface area (Å²) in [4.78, 5) is 11.8. The summed E-state index contributed by atoms with van der Waals surface area (Å²) >= 11 is 0. The molecule has 23 heavy (non-hydrogen) atoms. The number of methoxy groups -OCH3 is 1. The number of amides is 1. The number of carbonyl (C=O) groups excluding carboxylic acids is 1. The number of hydrogen-bond donors (Lipinski definition) is 2. The van der Waals surface area contributed by atoms with Gasteiger partial charge in [-0.25, -0.2) is 0 Å². The van der Waals surface area contributed by atoms with Gasteiger partial charge in [0.2, 0.25) is 5.91 Å². The third-order valence-corrected chi connectivity index (χ3v) is 3.35. The van der Waals surface area contributed by atoms with Crippen LogP contribution in [0, 0.1) is 0 Å². The minimum absolute atomic E-state index is 0.218. The normalized spacial score (nSPS) is 12.1. The molecule has 4 heteroatoms. The Morgan fingerprint density at radius 2 is 2.00 bits per heavy atom. The highest BCUT2D eigenvalue weighted by atomic mass is 16.5. The molecule has 0 radical (unpaired) electrons. The standard InChI is InChI=1S/C19H21NO3/c1-23-18-9-5-8-16(13-18)10-11-19(22)20-14-17(21)12-15-6-3-2-4-7-15/h2-11,13,17,21H,12,14H2,1H3,(H,20,22)/b11-10+. The average Bonchev–Trinajstić information content (AvgIpc) is 2.59. The maximum Gasteiger partial charge on any atom is 0.244 e. The Morgan fingerprint density at radius 3 is 2.74 bits per heavy atom. The van der Waals surface area contributed by atoms with Crippen molar-refractivity contribution in [2.24, 2.45) is 0 Å². The number of hydrogen-bond acceptors (Lipinski definition) is 3. The van der Waals surface area contributed by atoms with Crippen LogP contribution in [0.5, 0.6) is 5.75 Å². The Kier molecular flexibility index (Phi) is 6.39. The van der Waals surface area contributed by atoms with Crippen LogP contribution in [0.2, 0.25) is 0 Å². The van der Waals surface area contributed by atoms with Crippen molar-refractivity contribution in [1.29, 1.82) is 0 Å². The van der Waals surface area contributed by atoms with E-state index in [1.54, 1.807) is 13.2 Å². The van der Waals surface area contributed by atoms with E-state index in [9.17, 15) is 9.90 Å². The number of carbonyl (C=O) groups is 1. The molecule has 0 spiro atoms. The first-order chi connectivity index (χ1) is 11.2. The molecule has 1 unspecified atom stereocenters. The van der Waals surface area contributed by atoms with E-state index in [1.165, 1.54) is 6.08 Å². The molecule has 120 valence electrons. The van der Waals surface area contributed by atoms with Crippen LogP contribution in [0.25, 0.3) is 6.08 Å². The SMILES string of the molecule is COc1cccc(/C=C/C(=O)NCC(O)Cc2ccccc2)c1. The zero-order chi connectivity index (χ0) is 16.5. The van der Waals surface area contributed by atoms with Gasteiger partial charge in [-0.15, -0.1) is 0 Å². The van der Waals surface area contributed by atoms with Crippen molar-refractivity contribution < 1.29 is 14.6 Å². The predicted molar refractivity (Wildman–Crippen MR) is 91.2 cm³/mol. The second kappa shape index (κ2) is 8.76. The van der Waals surface area contributed by atoms with Gasteiger partial charge in [-0.3, -0.25) is 4.79 Å². The van der Waals surface area contributed by atoms with Crippen LogP contribution in [0.15, 0.2) is 60.7 Å². The van der Waals surface area contributed by atoms with E-state index in [2.05, 4.69) is 5.32 Å². The highest BCUT2D eigenvalue weighted by Gasteiger charge is 2.06. The summed E-state index contributed by atoms with van der Waals surface area (Å²) in [5.74, 6) is 0.505. The van der Waals surface area contributed by atoms with Crippen molar-refractivity contribution in [3.8, 4) is 5.75 Å². The monoisotopic (exact) mass is 311 g/mol. The molecule has 0 aliphatic rings. The molecule has 0 bridgehead atoms. The van der Waals surface area contributed by atoms with Crippen LogP contribution in [-0.2, 0) is 11.2 Å². The Labute approximate surface area is 136 Å². The van der Waals surface area contributed by atoms with Crippen LogP contribution in [-0.4, -0.2) is 30.8 Å². The van der Waals surface area contributed by atoms with Gasteiger partial charge in [-0.2, -0.15) is 0 Å². The van der Waals surface area contributed by atoms with Crippen molar-refractivity contribution >= 4 is 12.0 Å². The molecule has 2 aromatic carbocycles. The van der Waals surface area contributed by atoms with Crippen LogP contribution in [0.1, 0.15) is 11.1 Å². The van der Waals surface area contributed by atoms with Gasteiger partial charge in [0.15, 0.2) is 0 Å². The topological polar surface area (TPSA) is 58.6 Å². The van der Waals surface area contributed by atoms with Gasteiger partial charge >= 0.3 is 0 Å². The van der Waals surface area contributed by atoms with Crippen LogP contribution in [0.3, 0.4) is 0 Å². The predicted octanol–water partition coefficient (Wildman–Crippen LogP) is 2.43. The molecule has 0 fully saturated rings. The summed E-state index contributed by atoms with van der Waals surface area (Å²) in [6.45, 7) is 0.218. The van der Waals surface area contributed by atoms with Gasteiger partial charge < -0.3 is 15.2 Å². The number of ether oxygens (including phenoxy) is 1. The summed E-state index contributed by atoms with van der Waals surface area (Å²) in [5, 5.41) is 12.6. The lowest BCUT2D eigenvalue weighted by molar-refractivity contribution is -0.116. The van der Waals surface area contributed by atoms with Crippen molar-refractivity contribution in [3.63, 3.8) is 0 Å². The molecular weight excluding hydrogens is 290 g/mol. The first kappa shape index (κ1) is 16.8. The molecule has 0 saturated carbocycles. The van der Waals surface area contributed by atoms with Crippen LogP contribution in [0.4, 0.5) is 0 Å². The number of aliphatic hydroxyl groups excluding tert-OH is 1. The second-order valence-corrected chi connectivity index (χ2v) is 5.20. The van der Waals surface area contributed by atoms with Gasteiger partial charge in [-0.1, -0.05) is 42.5 Å². The van der Waals surface area contributed by atoms with Gasteiger partial charge in [0.1, 0.15) is 5.75 Å². The third-order valence-electron chi connectivity index (χ3n) is 3.35. The highest BCUT2D eigenvalue weighted by molar-refractivity contribution is 5.91. The number of rotatable bonds is 7. The molecule has 1 amide bonds. The van der Waals surface area contributed by atoms with Gasteiger partial charge in [-0.05, 0) is 29.3 Å². The molecular formula is C19H21NO3. The van der Waals surface area contributed by atoms with Crippen LogP contribution < -0.4 is 10.1 Å². The first-order valence-electron chi connectivity index (χ1n) is 7.49. The van der Waals surface area contributed by atoms with Crippen molar-refractivity contribution in [2.45, 2.75) is 12.5 Å². The quantitative estimate of drug-likeness (QED) is 0.772. The van der Waals surface area contributed by atoms with Crippen molar-refractivity contribution in [1.82, 2.24) is 5.32 Å². The first-order valence-corrected chi connectivity index (χ1v) is 7.49. The smallest absolute Gasteiger partial charge is 0.244 e. The zero-order valence-corrected chi connectivity index (χ0v) is 13.1. The van der Waals surface area contributed by atoms with E-state index in [1.807, 2.05) is 54.6 Å².